The molecule has 0 saturated carbocycles. The van der Waals surface area contributed by atoms with Crippen molar-refractivity contribution in [3.63, 3.8) is 0 Å². The van der Waals surface area contributed by atoms with E-state index in [9.17, 15) is 4.79 Å². The molecule has 0 bridgehead atoms. The van der Waals surface area contributed by atoms with Crippen molar-refractivity contribution in [2.24, 2.45) is 0 Å². The minimum atomic E-state index is -0.301. The van der Waals surface area contributed by atoms with Crippen molar-refractivity contribution in [1.82, 2.24) is 15.0 Å². The van der Waals surface area contributed by atoms with Crippen molar-refractivity contribution in [3.8, 4) is 11.1 Å². The lowest BCUT2D eigenvalue weighted by molar-refractivity contribution is 0.479. The van der Waals surface area contributed by atoms with Gasteiger partial charge in [0.25, 0.3) is 0 Å². The van der Waals surface area contributed by atoms with Gasteiger partial charge in [-0.25, -0.2) is 9.97 Å². The van der Waals surface area contributed by atoms with E-state index < -0.39 is 0 Å². The molecule has 1 atom stereocenters. The van der Waals surface area contributed by atoms with E-state index in [4.69, 9.17) is 4.42 Å². The fourth-order valence-electron chi connectivity index (χ4n) is 4.28. The third kappa shape index (κ3) is 2.84. The van der Waals surface area contributed by atoms with E-state index in [0.717, 1.165) is 33.7 Å². The normalized spacial score (nSPS) is 15.4. The number of rotatable bonds is 3. The first-order chi connectivity index (χ1) is 15.3. The number of anilines is 1. The molecule has 0 amide bonds. The van der Waals surface area contributed by atoms with Crippen molar-refractivity contribution in [2.75, 3.05) is 4.90 Å². The first-order valence-corrected chi connectivity index (χ1v) is 10.1. The van der Waals surface area contributed by atoms with E-state index in [0.29, 0.717) is 17.9 Å². The van der Waals surface area contributed by atoms with Gasteiger partial charge in [-0.2, -0.15) is 0 Å². The number of hydrogen-bond acceptors (Lipinski definition) is 5. The number of nitrogens with zero attached hydrogens (tertiary/aromatic N) is 3. The first kappa shape index (κ1) is 17.7. The Bertz CT molecular complexity index is 1420. The van der Waals surface area contributed by atoms with Crippen LogP contribution in [0.1, 0.15) is 23.1 Å². The molecule has 1 aliphatic heterocycles. The minimum absolute atomic E-state index is 0.0318. The van der Waals surface area contributed by atoms with Gasteiger partial charge in [-0.3, -0.25) is 4.79 Å². The van der Waals surface area contributed by atoms with Crippen LogP contribution in [0.25, 0.3) is 22.0 Å². The van der Waals surface area contributed by atoms with Gasteiger partial charge in [0.15, 0.2) is 5.43 Å². The molecule has 4 heterocycles. The predicted octanol–water partition coefficient (Wildman–Crippen LogP) is 4.69. The zero-order valence-electron chi connectivity index (χ0n) is 16.5. The topological polar surface area (TPSA) is 75.0 Å². The van der Waals surface area contributed by atoms with Crippen LogP contribution in [-0.2, 0) is 6.54 Å². The predicted molar refractivity (Wildman–Crippen MR) is 119 cm³/mol. The molecule has 0 saturated heterocycles. The van der Waals surface area contributed by atoms with Gasteiger partial charge in [0.1, 0.15) is 11.8 Å². The number of para-hydroxylation sites is 1. The van der Waals surface area contributed by atoms with E-state index in [-0.39, 0.29) is 11.5 Å². The molecular weight excluding hydrogens is 388 g/mol. The molecule has 0 spiro atoms. The average Bonchev–Trinajstić information content (AvgIpc) is 3.48. The van der Waals surface area contributed by atoms with E-state index >= 15 is 0 Å². The Labute approximate surface area is 177 Å². The summed E-state index contributed by atoms with van der Waals surface area (Å²) in [6.45, 7) is 0.408. The standard InChI is InChI=1S/C25H18N4O2/c30-24-18-9-4-5-10-20(18)28-22-19(24)15-29(23(22)21-11-6-12-31-21)25-26-13-17(14-27-25)16-7-2-1-3-8-16/h1-14,23H,15H2,(H,28,30). The maximum Gasteiger partial charge on any atom is 0.226 e. The van der Waals surface area contributed by atoms with E-state index in [1.165, 1.54) is 0 Å². The molecule has 1 unspecified atom stereocenters. The van der Waals surface area contributed by atoms with Gasteiger partial charge in [0.05, 0.1) is 18.5 Å². The van der Waals surface area contributed by atoms with E-state index in [1.807, 2.05) is 84.0 Å². The summed E-state index contributed by atoms with van der Waals surface area (Å²) in [5.41, 5.74) is 4.39. The monoisotopic (exact) mass is 406 g/mol. The smallest absolute Gasteiger partial charge is 0.226 e. The summed E-state index contributed by atoms with van der Waals surface area (Å²) in [5.74, 6) is 1.29. The number of benzene rings is 2. The third-order valence-electron chi connectivity index (χ3n) is 5.77. The van der Waals surface area contributed by atoms with Crippen molar-refractivity contribution in [1.29, 1.82) is 0 Å². The maximum atomic E-state index is 13.2. The van der Waals surface area contributed by atoms with Gasteiger partial charge in [0, 0.05) is 34.4 Å². The number of aromatic nitrogens is 3. The van der Waals surface area contributed by atoms with Gasteiger partial charge in [0.2, 0.25) is 5.95 Å². The zero-order chi connectivity index (χ0) is 20.8. The second-order valence-corrected chi connectivity index (χ2v) is 7.58. The molecule has 0 fully saturated rings. The van der Waals surface area contributed by atoms with Crippen LogP contribution in [0.5, 0.6) is 0 Å². The Morgan fingerprint density at radius 1 is 0.903 bits per heavy atom. The Morgan fingerprint density at radius 2 is 1.68 bits per heavy atom. The fraction of sp³-hybridized carbons (Fsp3) is 0.0800. The molecule has 6 nitrogen and oxygen atoms in total. The molecule has 6 rings (SSSR count). The van der Waals surface area contributed by atoms with Crippen molar-refractivity contribution in [3.05, 3.63) is 113 Å². The zero-order valence-corrected chi connectivity index (χ0v) is 16.5. The van der Waals surface area contributed by atoms with Crippen LogP contribution in [0.2, 0.25) is 0 Å². The van der Waals surface area contributed by atoms with Crippen LogP contribution < -0.4 is 10.3 Å². The van der Waals surface area contributed by atoms with Gasteiger partial charge in [-0.05, 0) is 29.8 Å². The largest absolute Gasteiger partial charge is 0.467 e. The molecule has 31 heavy (non-hydrogen) atoms. The highest BCUT2D eigenvalue weighted by atomic mass is 16.3. The summed E-state index contributed by atoms with van der Waals surface area (Å²) in [4.78, 5) is 28.0. The lowest BCUT2D eigenvalue weighted by Gasteiger charge is -2.23. The number of H-pyrrole nitrogens is 1. The second-order valence-electron chi connectivity index (χ2n) is 7.58. The SMILES string of the molecule is O=c1c2c([nH]c3ccccc13)C(c1ccco1)N(c1ncc(-c3ccccc3)cn1)C2. The Balaban J connectivity index is 1.47. The highest BCUT2D eigenvalue weighted by molar-refractivity contribution is 5.80. The molecule has 1 N–H and O–H groups in total. The van der Waals surface area contributed by atoms with Crippen LogP contribution in [0.3, 0.4) is 0 Å². The Hall–Kier alpha value is -4.19. The molecule has 5 aromatic rings. The van der Waals surface area contributed by atoms with Crippen LogP contribution in [0, 0.1) is 0 Å². The molecular formula is C25H18N4O2. The Kier molecular flexibility index (Phi) is 3.96. The summed E-state index contributed by atoms with van der Waals surface area (Å²) in [6, 6.07) is 21.1. The number of pyridine rings is 1. The first-order valence-electron chi connectivity index (χ1n) is 10.1. The summed E-state index contributed by atoms with van der Waals surface area (Å²) in [6.07, 6.45) is 5.28. The summed E-state index contributed by atoms with van der Waals surface area (Å²) < 4.78 is 5.75. The highest BCUT2D eigenvalue weighted by Crippen LogP contribution is 2.39. The van der Waals surface area contributed by atoms with Crippen LogP contribution in [0.4, 0.5) is 5.95 Å². The maximum absolute atomic E-state index is 13.2. The molecule has 0 aliphatic carbocycles. The number of fused-ring (bicyclic) bond motifs is 2. The van der Waals surface area contributed by atoms with Crippen molar-refractivity contribution in [2.45, 2.75) is 12.6 Å². The minimum Gasteiger partial charge on any atom is -0.467 e. The van der Waals surface area contributed by atoms with Gasteiger partial charge in [-0.15, -0.1) is 0 Å². The van der Waals surface area contributed by atoms with Crippen LogP contribution in [-0.4, -0.2) is 15.0 Å². The average molecular weight is 406 g/mol. The number of hydrogen-bond donors (Lipinski definition) is 1. The molecule has 1 aliphatic rings. The number of nitrogens with one attached hydrogen (secondary N) is 1. The third-order valence-corrected chi connectivity index (χ3v) is 5.77. The van der Waals surface area contributed by atoms with Gasteiger partial charge < -0.3 is 14.3 Å². The van der Waals surface area contributed by atoms with Crippen molar-refractivity contribution < 1.29 is 4.42 Å². The highest BCUT2D eigenvalue weighted by Gasteiger charge is 2.37. The number of furan rings is 1. The molecule has 0 radical (unpaired) electrons. The Morgan fingerprint density at radius 3 is 2.45 bits per heavy atom. The lowest BCUT2D eigenvalue weighted by atomic mass is 10.1. The van der Waals surface area contributed by atoms with E-state index in [1.54, 1.807) is 6.26 Å². The molecule has 150 valence electrons. The van der Waals surface area contributed by atoms with Crippen molar-refractivity contribution >= 4 is 16.9 Å². The lowest BCUT2D eigenvalue weighted by Crippen LogP contribution is -2.24. The van der Waals surface area contributed by atoms with E-state index in [2.05, 4.69) is 15.0 Å². The van der Waals surface area contributed by atoms with Gasteiger partial charge in [-0.1, -0.05) is 42.5 Å². The molecule has 6 heteroatoms. The fourth-order valence-corrected chi connectivity index (χ4v) is 4.28. The summed E-state index contributed by atoms with van der Waals surface area (Å²) in [7, 11) is 0. The van der Waals surface area contributed by atoms with Crippen LogP contribution >= 0.6 is 0 Å². The van der Waals surface area contributed by atoms with Crippen LogP contribution in [0.15, 0.2) is 94.6 Å². The quantitative estimate of drug-likeness (QED) is 0.471. The second kappa shape index (κ2) is 6.95. The van der Waals surface area contributed by atoms with Gasteiger partial charge >= 0.3 is 0 Å². The summed E-state index contributed by atoms with van der Waals surface area (Å²) in [5, 5.41) is 0.682. The number of aromatic amines is 1. The summed E-state index contributed by atoms with van der Waals surface area (Å²) >= 11 is 0. The molecule has 2 aromatic carbocycles. The molecule has 3 aromatic heterocycles.